The molecule has 0 saturated carbocycles. The van der Waals surface area contributed by atoms with Crippen LogP contribution in [0.4, 0.5) is 0 Å². The van der Waals surface area contributed by atoms with Gasteiger partial charge in [-0.1, -0.05) is 80.6 Å². The first kappa shape index (κ1) is 17.7. The van der Waals surface area contributed by atoms with Crippen LogP contribution in [0.3, 0.4) is 0 Å². The summed E-state index contributed by atoms with van der Waals surface area (Å²) < 4.78 is 8.26. The second-order valence-corrected chi connectivity index (χ2v) is 8.01. The lowest BCUT2D eigenvalue weighted by Gasteiger charge is -2.29. The molecule has 0 unspecified atom stereocenters. The van der Waals surface area contributed by atoms with Gasteiger partial charge in [0.25, 0.3) is 0 Å². The highest BCUT2D eigenvalue weighted by atomic mass is 16.5. The molecule has 4 heteroatoms. The van der Waals surface area contributed by atoms with Gasteiger partial charge in [-0.25, -0.2) is 4.98 Å². The molecule has 2 heterocycles. The number of rotatable bonds is 3. The average molecular weight is 381 g/mol. The van der Waals surface area contributed by atoms with Crippen LogP contribution in [0.1, 0.15) is 36.5 Å². The molecule has 1 aromatic heterocycles. The summed E-state index contributed by atoms with van der Waals surface area (Å²) in [6.07, 6.45) is 1.74. The van der Waals surface area contributed by atoms with Gasteiger partial charge in [0.05, 0.1) is 5.56 Å². The van der Waals surface area contributed by atoms with Crippen LogP contribution in [-0.4, -0.2) is 9.55 Å². The highest BCUT2D eigenvalue weighted by Crippen LogP contribution is 2.47. The molecule has 5 rings (SSSR count). The van der Waals surface area contributed by atoms with Crippen molar-refractivity contribution in [1.29, 1.82) is 5.41 Å². The Balaban J connectivity index is 1.80. The molecule has 4 nitrogen and oxygen atoms in total. The first-order chi connectivity index (χ1) is 14.1. The van der Waals surface area contributed by atoms with E-state index in [1.165, 1.54) is 0 Å². The van der Waals surface area contributed by atoms with Crippen molar-refractivity contribution in [3.63, 3.8) is 0 Å². The Morgan fingerprint density at radius 1 is 1.00 bits per heavy atom. The lowest BCUT2D eigenvalue weighted by atomic mass is 9.83. The molecule has 0 fully saturated rings. The summed E-state index contributed by atoms with van der Waals surface area (Å²) in [7, 11) is 0. The van der Waals surface area contributed by atoms with Crippen molar-refractivity contribution in [3.05, 3.63) is 95.2 Å². The molecule has 1 aliphatic rings. The van der Waals surface area contributed by atoms with Gasteiger partial charge in [-0.05, 0) is 16.9 Å². The van der Waals surface area contributed by atoms with Crippen LogP contribution >= 0.6 is 0 Å². The smallest absolute Gasteiger partial charge is 0.228 e. The highest BCUT2D eigenvalue weighted by Gasteiger charge is 2.32. The van der Waals surface area contributed by atoms with Gasteiger partial charge in [0.2, 0.25) is 5.88 Å². The van der Waals surface area contributed by atoms with E-state index in [1.807, 2.05) is 34.9 Å². The fourth-order valence-electron chi connectivity index (χ4n) is 4.22. The summed E-state index contributed by atoms with van der Waals surface area (Å²) in [5, 5.41) is 11.2. The van der Waals surface area contributed by atoms with E-state index >= 15 is 0 Å². The van der Waals surface area contributed by atoms with Gasteiger partial charge in [-0.15, -0.1) is 0 Å². The minimum Gasteiger partial charge on any atom is -0.438 e. The highest BCUT2D eigenvalue weighted by molar-refractivity contribution is 5.91. The first-order valence-electron chi connectivity index (χ1n) is 10.0. The molecule has 4 aromatic rings. The zero-order valence-corrected chi connectivity index (χ0v) is 16.6. The molecule has 0 amide bonds. The lowest BCUT2D eigenvalue weighted by molar-refractivity contribution is 0.418. The van der Waals surface area contributed by atoms with Gasteiger partial charge in [-0.3, -0.25) is 5.41 Å². The van der Waals surface area contributed by atoms with E-state index in [4.69, 9.17) is 10.1 Å². The van der Waals surface area contributed by atoms with Crippen molar-refractivity contribution in [2.45, 2.75) is 26.3 Å². The van der Waals surface area contributed by atoms with Gasteiger partial charge >= 0.3 is 0 Å². The Kier molecular flexibility index (Phi) is 4.20. The van der Waals surface area contributed by atoms with E-state index < -0.39 is 0 Å². The van der Waals surface area contributed by atoms with Crippen LogP contribution in [-0.2, 0) is 6.54 Å². The van der Waals surface area contributed by atoms with Crippen LogP contribution in [0, 0.1) is 11.3 Å². The van der Waals surface area contributed by atoms with Crippen molar-refractivity contribution < 1.29 is 4.74 Å². The zero-order valence-electron chi connectivity index (χ0n) is 16.6. The number of aromatic nitrogens is 2. The number of nitrogens with zero attached hydrogens (tertiary/aromatic N) is 2. The van der Waals surface area contributed by atoms with Crippen LogP contribution in [0.15, 0.2) is 73.1 Å². The number of hydrogen-bond acceptors (Lipinski definition) is 3. The van der Waals surface area contributed by atoms with Crippen LogP contribution in [0.2, 0.25) is 0 Å². The topological polar surface area (TPSA) is 50.9 Å². The van der Waals surface area contributed by atoms with E-state index in [0.29, 0.717) is 17.3 Å². The third-order valence-corrected chi connectivity index (χ3v) is 5.49. The zero-order chi connectivity index (χ0) is 20.0. The summed E-state index contributed by atoms with van der Waals surface area (Å²) in [5.74, 6) is 1.73. The van der Waals surface area contributed by atoms with Crippen molar-refractivity contribution in [3.8, 4) is 11.6 Å². The summed E-state index contributed by atoms with van der Waals surface area (Å²) >= 11 is 0. The fraction of sp³-hybridized carbons (Fsp3) is 0.200. The van der Waals surface area contributed by atoms with Crippen LogP contribution in [0.25, 0.3) is 10.8 Å². The third-order valence-electron chi connectivity index (χ3n) is 5.49. The van der Waals surface area contributed by atoms with E-state index in [9.17, 15) is 0 Å². The molecular formula is C25H23N3O. The normalized spacial score (nSPS) is 15.1. The second-order valence-electron chi connectivity index (χ2n) is 8.01. The Bertz CT molecular complexity index is 1260. The van der Waals surface area contributed by atoms with Gasteiger partial charge in [0.1, 0.15) is 17.6 Å². The molecular weight excluding hydrogens is 358 g/mol. The summed E-state index contributed by atoms with van der Waals surface area (Å²) in [5.41, 5.74) is 3.53. The minimum absolute atomic E-state index is 0.0841. The SMILES string of the molecule is CC(C)Cn1cnc2c(c1=N)[C@H](c1ccccc1)c1ccc3ccccc3c1O2. The van der Waals surface area contributed by atoms with Gasteiger partial charge < -0.3 is 9.30 Å². The van der Waals surface area contributed by atoms with Crippen LogP contribution < -0.4 is 10.2 Å². The Hall–Kier alpha value is -3.40. The van der Waals surface area contributed by atoms with Crippen molar-refractivity contribution in [2.75, 3.05) is 0 Å². The monoisotopic (exact) mass is 381 g/mol. The predicted octanol–water partition coefficient (Wildman–Crippen LogP) is 5.46. The average Bonchev–Trinajstić information content (AvgIpc) is 2.74. The molecule has 1 N–H and O–H groups in total. The van der Waals surface area contributed by atoms with Gasteiger partial charge in [0, 0.05) is 23.4 Å². The number of benzene rings is 3. The van der Waals surface area contributed by atoms with E-state index in [1.54, 1.807) is 6.33 Å². The quantitative estimate of drug-likeness (QED) is 0.451. The predicted molar refractivity (Wildman–Crippen MR) is 114 cm³/mol. The molecule has 0 spiro atoms. The largest absolute Gasteiger partial charge is 0.438 e. The maximum Gasteiger partial charge on any atom is 0.228 e. The lowest BCUT2D eigenvalue weighted by Crippen LogP contribution is -2.31. The fourth-order valence-corrected chi connectivity index (χ4v) is 4.22. The Morgan fingerprint density at radius 3 is 2.55 bits per heavy atom. The molecule has 0 radical (unpaired) electrons. The van der Waals surface area contributed by atoms with Crippen molar-refractivity contribution >= 4 is 10.8 Å². The molecule has 1 atom stereocenters. The molecule has 144 valence electrons. The second kappa shape index (κ2) is 6.89. The maximum absolute atomic E-state index is 8.94. The van der Waals surface area contributed by atoms with E-state index in [0.717, 1.165) is 39.8 Å². The molecule has 29 heavy (non-hydrogen) atoms. The maximum atomic E-state index is 8.94. The van der Waals surface area contributed by atoms with Gasteiger partial charge in [0.15, 0.2) is 0 Å². The molecule has 0 bridgehead atoms. The van der Waals surface area contributed by atoms with E-state index in [2.05, 4.69) is 55.2 Å². The third kappa shape index (κ3) is 2.92. The van der Waals surface area contributed by atoms with Crippen molar-refractivity contribution in [2.24, 2.45) is 5.92 Å². The minimum atomic E-state index is -0.0841. The number of ether oxygens (including phenoxy) is 1. The van der Waals surface area contributed by atoms with Crippen molar-refractivity contribution in [1.82, 2.24) is 9.55 Å². The molecule has 1 aliphatic heterocycles. The molecule has 3 aromatic carbocycles. The Labute approximate surface area is 169 Å². The van der Waals surface area contributed by atoms with E-state index in [-0.39, 0.29) is 5.92 Å². The number of nitrogens with one attached hydrogen (secondary N) is 1. The van der Waals surface area contributed by atoms with Crippen LogP contribution in [0.5, 0.6) is 11.6 Å². The molecule has 0 saturated heterocycles. The first-order valence-corrected chi connectivity index (χ1v) is 10.0. The number of fused-ring (bicyclic) bond motifs is 4. The van der Waals surface area contributed by atoms with Gasteiger partial charge in [-0.2, -0.15) is 0 Å². The summed E-state index contributed by atoms with van der Waals surface area (Å²) in [6, 6.07) is 22.9. The molecule has 0 aliphatic carbocycles. The summed E-state index contributed by atoms with van der Waals surface area (Å²) in [6.45, 7) is 5.06. The standard InChI is InChI=1S/C25H23N3O/c1-16(2)14-28-15-27-25-22(24(28)26)21(18-9-4-3-5-10-18)20-13-12-17-8-6-7-11-19(17)23(20)29-25/h3-13,15-16,21,26H,14H2,1-2H3/t21-/m1/s1. The summed E-state index contributed by atoms with van der Waals surface area (Å²) in [4.78, 5) is 4.64. The number of hydrogen-bond donors (Lipinski definition) is 1. The Morgan fingerprint density at radius 2 is 1.76 bits per heavy atom.